The van der Waals surface area contributed by atoms with Gasteiger partial charge < -0.3 is 8.37 Å². The highest BCUT2D eigenvalue weighted by Gasteiger charge is 2.20. The highest BCUT2D eigenvalue weighted by atomic mass is 32.3. The topological polar surface area (TPSA) is 95.7 Å². The minimum atomic E-state index is -4.55. The first-order valence-corrected chi connectivity index (χ1v) is 6.83. The van der Waals surface area contributed by atoms with Crippen LogP contribution >= 0.6 is 0 Å². The fraction of sp³-hybridized carbons (Fsp3) is 0. The Bertz CT molecular complexity index is 763. The molecule has 0 aliphatic carbocycles. The van der Waals surface area contributed by atoms with E-state index in [1.54, 1.807) is 6.07 Å². The van der Waals surface area contributed by atoms with E-state index in [1.807, 2.05) is 0 Å². The Morgan fingerprint density at radius 2 is 1.71 bits per heavy atom. The summed E-state index contributed by atoms with van der Waals surface area (Å²) in [6.45, 7) is 0. The average Bonchev–Trinajstić information content (AvgIpc) is 2.41. The van der Waals surface area contributed by atoms with Crippen molar-refractivity contribution >= 4 is 16.1 Å². The third-order valence-electron chi connectivity index (χ3n) is 2.26. The van der Waals surface area contributed by atoms with E-state index in [9.17, 15) is 22.9 Å². The Morgan fingerprint density at radius 3 is 2.29 bits per heavy atom. The molecule has 0 aliphatic rings. The van der Waals surface area contributed by atoms with Crippen LogP contribution in [-0.2, 0) is 10.4 Å². The Labute approximate surface area is 119 Å². The van der Waals surface area contributed by atoms with E-state index in [-0.39, 0.29) is 5.75 Å². The summed E-state index contributed by atoms with van der Waals surface area (Å²) < 4.78 is 45.7. The molecular formula is C12H8FNO6S. The van der Waals surface area contributed by atoms with E-state index >= 15 is 0 Å². The summed E-state index contributed by atoms with van der Waals surface area (Å²) in [5.74, 6) is -1.90. The zero-order valence-electron chi connectivity index (χ0n) is 10.3. The molecule has 0 N–H and O–H groups in total. The average molecular weight is 313 g/mol. The first kappa shape index (κ1) is 14.7. The molecule has 0 fully saturated rings. The molecule has 2 aromatic carbocycles. The van der Waals surface area contributed by atoms with Gasteiger partial charge in [-0.2, -0.15) is 0 Å². The first-order valence-electron chi connectivity index (χ1n) is 5.50. The minimum absolute atomic E-state index is 0.0141. The minimum Gasteiger partial charge on any atom is -0.353 e. The van der Waals surface area contributed by atoms with E-state index in [0.29, 0.717) is 6.07 Å². The molecule has 9 heteroatoms. The van der Waals surface area contributed by atoms with E-state index in [2.05, 4.69) is 8.37 Å². The second-order valence-electron chi connectivity index (χ2n) is 3.76. The van der Waals surface area contributed by atoms with Gasteiger partial charge in [0, 0.05) is 6.07 Å². The molecule has 2 rings (SSSR count). The molecule has 7 nitrogen and oxygen atoms in total. The number of halogens is 1. The van der Waals surface area contributed by atoms with Crippen molar-refractivity contribution in [3.8, 4) is 11.5 Å². The summed E-state index contributed by atoms with van der Waals surface area (Å²) in [5.41, 5.74) is -0.527. The number of nitro groups is 1. The zero-order valence-corrected chi connectivity index (χ0v) is 11.1. The van der Waals surface area contributed by atoms with E-state index < -0.39 is 32.6 Å². The summed E-state index contributed by atoms with van der Waals surface area (Å²) in [4.78, 5) is 9.63. The van der Waals surface area contributed by atoms with Crippen LogP contribution in [0.5, 0.6) is 11.5 Å². The maximum atomic E-state index is 13.5. The van der Waals surface area contributed by atoms with Gasteiger partial charge in [-0.05, 0) is 18.2 Å². The monoisotopic (exact) mass is 313 g/mol. The van der Waals surface area contributed by atoms with E-state index in [1.165, 1.54) is 24.3 Å². The number of para-hydroxylation sites is 1. The van der Waals surface area contributed by atoms with Crippen molar-refractivity contribution in [2.45, 2.75) is 0 Å². The molecule has 0 spiro atoms. The second-order valence-corrected chi connectivity index (χ2v) is 4.91. The third-order valence-corrected chi connectivity index (χ3v) is 3.04. The summed E-state index contributed by atoms with van der Waals surface area (Å²) in [6, 6.07) is 9.76. The molecule has 0 heterocycles. The van der Waals surface area contributed by atoms with Crippen molar-refractivity contribution in [1.82, 2.24) is 0 Å². The summed E-state index contributed by atoms with van der Waals surface area (Å²) in [6.07, 6.45) is 0. The molecule has 0 unspecified atom stereocenters. The Kier molecular flexibility index (Phi) is 4.03. The number of nitrogens with zero attached hydrogens (tertiary/aromatic N) is 1. The van der Waals surface area contributed by atoms with Crippen LogP contribution in [0.15, 0.2) is 48.5 Å². The standard InChI is InChI=1S/C12H8FNO6S/c13-11-8-9(14(15)16)6-7-12(11)20-21(17,18)19-10-4-2-1-3-5-10/h1-8H. The lowest BCUT2D eigenvalue weighted by Crippen LogP contribution is -2.17. The van der Waals surface area contributed by atoms with Crippen molar-refractivity contribution < 1.29 is 26.1 Å². The van der Waals surface area contributed by atoms with Gasteiger partial charge >= 0.3 is 10.4 Å². The van der Waals surface area contributed by atoms with Crippen molar-refractivity contribution in [3.63, 3.8) is 0 Å². The van der Waals surface area contributed by atoms with Crippen LogP contribution in [0.4, 0.5) is 10.1 Å². The summed E-state index contributed by atoms with van der Waals surface area (Å²) in [7, 11) is -4.55. The lowest BCUT2D eigenvalue weighted by molar-refractivity contribution is -0.385. The summed E-state index contributed by atoms with van der Waals surface area (Å²) in [5, 5.41) is 10.4. The van der Waals surface area contributed by atoms with Gasteiger partial charge in [0.05, 0.1) is 11.0 Å². The largest absolute Gasteiger partial charge is 0.501 e. The van der Waals surface area contributed by atoms with Gasteiger partial charge in [0.15, 0.2) is 11.6 Å². The maximum Gasteiger partial charge on any atom is 0.501 e. The highest BCUT2D eigenvalue weighted by Crippen LogP contribution is 2.24. The van der Waals surface area contributed by atoms with Gasteiger partial charge in [-0.15, -0.1) is 8.42 Å². The van der Waals surface area contributed by atoms with Crippen LogP contribution < -0.4 is 8.37 Å². The van der Waals surface area contributed by atoms with Crippen molar-refractivity contribution in [2.24, 2.45) is 0 Å². The van der Waals surface area contributed by atoms with E-state index in [4.69, 9.17) is 0 Å². The number of hydrogen-bond donors (Lipinski definition) is 0. The zero-order chi connectivity index (χ0) is 15.5. The number of non-ortho nitro benzene ring substituents is 1. The summed E-state index contributed by atoms with van der Waals surface area (Å²) >= 11 is 0. The Morgan fingerprint density at radius 1 is 1.05 bits per heavy atom. The Hall–Kier alpha value is -2.68. The van der Waals surface area contributed by atoms with Gasteiger partial charge in [0.1, 0.15) is 5.75 Å². The highest BCUT2D eigenvalue weighted by molar-refractivity contribution is 7.82. The van der Waals surface area contributed by atoms with E-state index in [0.717, 1.165) is 12.1 Å². The van der Waals surface area contributed by atoms with Crippen molar-refractivity contribution in [3.05, 3.63) is 64.5 Å². The fourth-order valence-corrected chi connectivity index (χ4v) is 2.13. The molecule has 0 atom stereocenters. The first-order chi connectivity index (χ1) is 9.87. The molecule has 2 aromatic rings. The molecule has 0 saturated carbocycles. The van der Waals surface area contributed by atoms with Crippen LogP contribution in [0.2, 0.25) is 0 Å². The SMILES string of the molecule is O=[N+]([O-])c1ccc(OS(=O)(=O)Oc2ccccc2)c(F)c1. The van der Waals surface area contributed by atoms with Crippen molar-refractivity contribution in [1.29, 1.82) is 0 Å². The number of nitro benzene ring substituents is 1. The number of hydrogen-bond acceptors (Lipinski definition) is 6. The van der Waals surface area contributed by atoms with Gasteiger partial charge in [0.2, 0.25) is 0 Å². The van der Waals surface area contributed by atoms with Crippen LogP contribution in [0.25, 0.3) is 0 Å². The van der Waals surface area contributed by atoms with Gasteiger partial charge in [-0.3, -0.25) is 10.1 Å². The molecule has 0 bridgehead atoms. The maximum absolute atomic E-state index is 13.5. The smallest absolute Gasteiger partial charge is 0.353 e. The molecular weight excluding hydrogens is 305 g/mol. The fourth-order valence-electron chi connectivity index (χ4n) is 1.39. The quantitative estimate of drug-likeness (QED) is 0.621. The predicted molar refractivity (Wildman–Crippen MR) is 69.7 cm³/mol. The van der Waals surface area contributed by atoms with Gasteiger partial charge in [-0.25, -0.2) is 4.39 Å². The number of rotatable bonds is 5. The lowest BCUT2D eigenvalue weighted by Gasteiger charge is -2.08. The number of benzene rings is 2. The molecule has 0 saturated heterocycles. The molecule has 21 heavy (non-hydrogen) atoms. The van der Waals surface area contributed by atoms with Crippen LogP contribution in [0, 0.1) is 15.9 Å². The Balaban J connectivity index is 2.19. The lowest BCUT2D eigenvalue weighted by atomic mass is 10.3. The molecule has 110 valence electrons. The second kappa shape index (κ2) is 5.75. The van der Waals surface area contributed by atoms with Crippen molar-refractivity contribution in [2.75, 3.05) is 0 Å². The van der Waals surface area contributed by atoms with Gasteiger partial charge in [0.25, 0.3) is 5.69 Å². The predicted octanol–water partition coefficient (Wildman–Crippen LogP) is 2.44. The van der Waals surface area contributed by atoms with Crippen LogP contribution in [0.1, 0.15) is 0 Å². The van der Waals surface area contributed by atoms with Gasteiger partial charge in [-0.1, -0.05) is 18.2 Å². The van der Waals surface area contributed by atoms with Crippen LogP contribution in [0.3, 0.4) is 0 Å². The molecule has 0 amide bonds. The molecule has 0 aliphatic heterocycles. The molecule has 0 radical (unpaired) electrons. The molecule has 0 aromatic heterocycles. The van der Waals surface area contributed by atoms with Crippen LogP contribution in [-0.4, -0.2) is 13.3 Å². The third kappa shape index (κ3) is 3.89. The normalized spacial score (nSPS) is 10.9.